The maximum atomic E-state index is 12.8. The highest BCUT2D eigenvalue weighted by atomic mass is 16.4. The average molecular weight is 384 g/mol. The van der Waals surface area contributed by atoms with Crippen molar-refractivity contribution in [2.45, 2.75) is 44.7 Å². The van der Waals surface area contributed by atoms with Crippen molar-refractivity contribution in [2.24, 2.45) is 0 Å². The highest BCUT2D eigenvalue weighted by Gasteiger charge is 2.32. The number of likely N-dealkylation sites (tertiary alicyclic amines) is 1. The SMILES string of the molecule is CC(CC(=O)Nc1cccc(C(=O)N2CCCCC2C(=O)O)c1)n1ccnc1. The van der Waals surface area contributed by atoms with Gasteiger partial charge in [-0.1, -0.05) is 6.07 Å². The lowest BCUT2D eigenvalue weighted by Crippen LogP contribution is -2.48. The summed E-state index contributed by atoms with van der Waals surface area (Å²) in [5.41, 5.74) is 0.881. The van der Waals surface area contributed by atoms with E-state index in [2.05, 4.69) is 10.3 Å². The normalized spacial score (nSPS) is 17.8. The minimum atomic E-state index is -0.981. The molecule has 28 heavy (non-hydrogen) atoms. The molecule has 8 nitrogen and oxygen atoms in total. The number of hydrogen-bond donors (Lipinski definition) is 2. The second-order valence-electron chi connectivity index (χ2n) is 7.04. The summed E-state index contributed by atoms with van der Waals surface area (Å²) in [5.74, 6) is -1.48. The topological polar surface area (TPSA) is 105 Å². The minimum absolute atomic E-state index is 0.0445. The van der Waals surface area contributed by atoms with Crippen LogP contribution in [0, 0.1) is 0 Å². The molecule has 2 amide bonds. The summed E-state index contributed by atoms with van der Waals surface area (Å²) in [6, 6.07) is 5.78. The van der Waals surface area contributed by atoms with Gasteiger partial charge < -0.3 is 19.9 Å². The third-order valence-electron chi connectivity index (χ3n) is 4.96. The van der Waals surface area contributed by atoms with E-state index in [4.69, 9.17) is 0 Å². The molecule has 2 N–H and O–H groups in total. The van der Waals surface area contributed by atoms with Gasteiger partial charge in [0.15, 0.2) is 0 Å². The van der Waals surface area contributed by atoms with Gasteiger partial charge in [0, 0.05) is 42.7 Å². The summed E-state index contributed by atoms with van der Waals surface area (Å²) in [7, 11) is 0. The lowest BCUT2D eigenvalue weighted by Gasteiger charge is -2.33. The Balaban J connectivity index is 1.67. The highest BCUT2D eigenvalue weighted by molar-refractivity contribution is 5.99. The van der Waals surface area contributed by atoms with Crippen molar-refractivity contribution < 1.29 is 19.5 Å². The van der Waals surface area contributed by atoms with E-state index in [0.29, 0.717) is 24.2 Å². The first kappa shape index (κ1) is 19.6. The Hall–Kier alpha value is -3.16. The molecular formula is C20H24N4O4. The van der Waals surface area contributed by atoms with Gasteiger partial charge in [-0.25, -0.2) is 9.78 Å². The van der Waals surface area contributed by atoms with Crippen LogP contribution in [-0.4, -0.2) is 49.9 Å². The Kier molecular flexibility index (Phi) is 6.08. The number of nitrogens with zero attached hydrogens (tertiary/aromatic N) is 3. The molecule has 2 atom stereocenters. The second-order valence-corrected chi connectivity index (χ2v) is 7.04. The largest absolute Gasteiger partial charge is 0.480 e. The number of hydrogen-bond acceptors (Lipinski definition) is 4. The number of aromatic nitrogens is 2. The van der Waals surface area contributed by atoms with Gasteiger partial charge in [0.05, 0.1) is 6.33 Å². The molecule has 1 aromatic heterocycles. The molecule has 2 unspecified atom stereocenters. The van der Waals surface area contributed by atoms with E-state index in [9.17, 15) is 19.5 Å². The third kappa shape index (κ3) is 4.57. The molecule has 1 fully saturated rings. The molecule has 2 aromatic rings. The number of rotatable bonds is 6. The number of piperidine rings is 1. The maximum Gasteiger partial charge on any atom is 0.326 e. The molecule has 0 spiro atoms. The van der Waals surface area contributed by atoms with E-state index in [-0.39, 0.29) is 24.3 Å². The molecule has 0 bridgehead atoms. The van der Waals surface area contributed by atoms with Crippen molar-refractivity contribution in [1.29, 1.82) is 0 Å². The van der Waals surface area contributed by atoms with Crippen LogP contribution in [0.5, 0.6) is 0 Å². The fourth-order valence-corrected chi connectivity index (χ4v) is 3.44. The fourth-order valence-electron chi connectivity index (χ4n) is 3.44. The lowest BCUT2D eigenvalue weighted by molar-refractivity contribution is -0.143. The van der Waals surface area contributed by atoms with Gasteiger partial charge in [0.2, 0.25) is 5.91 Å². The molecule has 1 aliphatic rings. The second kappa shape index (κ2) is 8.69. The van der Waals surface area contributed by atoms with E-state index in [1.807, 2.05) is 11.5 Å². The van der Waals surface area contributed by atoms with Gasteiger partial charge in [-0.3, -0.25) is 9.59 Å². The molecule has 0 aliphatic carbocycles. The quantitative estimate of drug-likeness (QED) is 0.796. The molecule has 1 aliphatic heterocycles. The van der Waals surface area contributed by atoms with Crippen molar-refractivity contribution in [3.05, 3.63) is 48.5 Å². The van der Waals surface area contributed by atoms with Crippen LogP contribution in [0.4, 0.5) is 5.69 Å². The Morgan fingerprint density at radius 1 is 1.32 bits per heavy atom. The van der Waals surface area contributed by atoms with Gasteiger partial charge in [0.25, 0.3) is 5.91 Å². The zero-order valence-corrected chi connectivity index (χ0v) is 15.7. The van der Waals surface area contributed by atoms with Crippen molar-refractivity contribution in [3.8, 4) is 0 Å². The molecular weight excluding hydrogens is 360 g/mol. The Labute approximate surface area is 163 Å². The van der Waals surface area contributed by atoms with Crippen LogP contribution < -0.4 is 5.32 Å². The number of carboxylic acid groups (broad SMARTS) is 1. The number of amides is 2. The first-order valence-corrected chi connectivity index (χ1v) is 9.37. The zero-order chi connectivity index (χ0) is 20.1. The number of imidazole rings is 1. The van der Waals surface area contributed by atoms with Gasteiger partial charge in [-0.2, -0.15) is 0 Å². The summed E-state index contributed by atoms with van der Waals surface area (Å²) >= 11 is 0. The van der Waals surface area contributed by atoms with Crippen LogP contribution in [0.15, 0.2) is 43.0 Å². The van der Waals surface area contributed by atoms with Crippen molar-refractivity contribution in [2.75, 3.05) is 11.9 Å². The van der Waals surface area contributed by atoms with Crippen LogP contribution in [-0.2, 0) is 9.59 Å². The molecule has 148 valence electrons. The van der Waals surface area contributed by atoms with E-state index < -0.39 is 12.0 Å². The van der Waals surface area contributed by atoms with Gasteiger partial charge in [0.1, 0.15) is 6.04 Å². The van der Waals surface area contributed by atoms with Crippen LogP contribution in [0.1, 0.15) is 49.0 Å². The standard InChI is InChI=1S/C20H24N4O4/c1-14(23-10-8-21-13-23)11-18(25)22-16-6-4-5-15(12-16)19(26)24-9-3-2-7-17(24)20(27)28/h4-6,8,10,12-14,17H,2-3,7,9,11H2,1H3,(H,22,25)(H,27,28). The highest BCUT2D eigenvalue weighted by Crippen LogP contribution is 2.22. The lowest BCUT2D eigenvalue weighted by atomic mass is 10.0. The van der Waals surface area contributed by atoms with Crippen LogP contribution in [0.25, 0.3) is 0 Å². The monoisotopic (exact) mass is 384 g/mol. The van der Waals surface area contributed by atoms with Crippen molar-refractivity contribution in [3.63, 3.8) is 0 Å². The number of carbonyl (C=O) groups excluding carboxylic acids is 2. The number of carboxylic acids is 1. The summed E-state index contributed by atoms with van der Waals surface area (Å²) in [4.78, 5) is 42.0. The predicted molar refractivity (Wildman–Crippen MR) is 103 cm³/mol. The Bertz CT molecular complexity index is 850. The number of nitrogens with one attached hydrogen (secondary N) is 1. The fraction of sp³-hybridized carbons (Fsp3) is 0.400. The predicted octanol–water partition coefficient (Wildman–Crippen LogP) is 2.55. The van der Waals surface area contributed by atoms with Crippen molar-refractivity contribution in [1.82, 2.24) is 14.5 Å². The molecule has 1 saturated heterocycles. The summed E-state index contributed by atoms with van der Waals surface area (Å²) in [6.07, 6.45) is 7.44. The average Bonchev–Trinajstić information content (AvgIpc) is 3.22. The van der Waals surface area contributed by atoms with Crippen LogP contribution in [0.2, 0.25) is 0 Å². The number of carbonyl (C=O) groups is 3. The van der Waals surface area contributed by atoms with Crippen LogP contribution >= 0.6 is 0 Å². The first-order valence-electron chi connectivity index (χ1n) is 9.37. The maximum absolute atomic E-state index is 12.8. The van der Waals surface area contributed by atoms with E-state index >= 15 is 0 Å². The van der Waals surface area contributed by atoms with Crippen LogP contribution in [0.3, 0.4) is 0 Å². The zero-order valence-electron chi connectivity index (χ0n) is 15.7. The molecule has 2 heterocycles. The number of anilines is 1. The molecule has 3 rings (SSSR count). The van der Waals surface area contributed by atoms with E-state index in [1.165, 1.54) is 4.90 Å². The molecule has 8 heteroatoms. The van der Waals surface area contributed by atoms with Gasteiger partial charge in [-0.15, -0.1) is 0 Å². The smallest absolute Gasteiger partial charge is 0.326 e. The molecule has 0 radical (unpaired) electrons. The van der Waals surface area contributed by atoms with E-state index in [1.54, 1.807) is 43.0 Å². The van der Waals surface area contributed by atoms with Crippen molar-refractivity contribution >= 4 is 23.5 Å². The molecule has 0 saturated carbocycles. The first-order chi connectivity index (χ1) is 13.5. The summed E-state index contributed by atoms with van der Waals surface area (Å²) < 4.78 is 1.85. The summed E-state index contributed by atoms with van der Waals surface area (Å²) in [5, 5.41) is 12.2. The number of aliphatic carboxylic acids is 1. The Morgan fingerprint density at radius 2 is 2.14 bits per heavy atom. The van der Waals surface area contributed by atoms with Gasteiger partial charge >= 0.3 is 5.97 Å². The third-order valence-corrected chi connectivity index (χ3v) is 4.96. The summed E-state index contributed by atoms with van der Waals surface area (Å²) in [6.45, 7) is 2.35. The minimum Gasteiger partial charge on any atom is -0.480 e. The molecule has 1 aromatic carbocycles. The Morgan fingerprint density at radius 3 is 2.86 bits per heavy atom. The van der Waals surface area contributed by atoms with E-state index in [0.717, 1.165) is 12.8 Å². The number of benzene rings is 1. The van der Waals surface area contributed by atoms with Gasteiger partial charge in [-0.05, 0) is 44.4 Å².